The SMILES string of the molecule is CC1(C(=O)O)CCNc2ccccc2C1. The van der Waals surface area contributed by atoms with Crippen molar-refractivity contribution in [2.45, 2.75) is 19.8 Å². The van der Waals surface area contributed by atoms with Gasteiger partial charge in [-0.2, -0.15) is 0 Å². The lowest BCUT2D eigenvalue weighted by Crippen LogP contribution is -2.30. The van der Waals surface area contributed by atoms with Crippen molar-refractivity contribution >= 4 is 11.7 Å². The molecule has 1 atom stereocenters. The molecule has 0 bridgehead atoms. The molecule has 15 heavy (non-hydrogen) atoms. The molecular formula is C12H15NO2. The number of para-hydroxylation sites is 1. The summed E-state index contributed by atoms with van der Waals surface area (Å²) in [6.07, 6.45) is 1.27. The fraction of sp³-hybridized carbons (Fsp3) is 0.417. The third-order valence-corrected chi connectivity index (χ3v) is 3.11. The van der Waals surface area contributed by atoms with Gasteiger partial charge in [0, 0.05) is 12.2 Å². The van der Waals surface area contributed by atoms with Crippen molar-refractivity contribution in [1.29, 1.82) is 0 Å². The molecule has 2 rings (SSSR count). The normalized spacial score (nSPS) is 24.9. The minimum absolute atomic E-state index is 0.603. The molecule has 1 aromatic carbocycles. The molecule has 3 nitrogen and oxygen atoms in total. The van der Waals surface area contributed by atoms with Crippen LogP contribution in [0, 0.1) is 5.41 Å². The molecule has 1 aliphatic rings. The van der Waals surface area contributed by atoms with Crippen molar-refractivity contribution in [3.63, 3.8) is 0 Å². The predicted octanol–water partition coefficient (Wildman–Crippen LogP) is 2.14. The van der Waals surface area contributed by atoms with E-state index in [1.165, 1.54) is 0 Å². The van der Waals surface area contributed by atoms with Gasteiger partial charge in [-0.05, 0) is 31.4 Å². The molecule has 2 N–H and O–H groups in total. The highest BCUT2D eigenvalue weighted by molar-refractivity contribution is 5.75. The summed E-state index contributed by atoms with van der Waals surface area (Å²) in [5.74, 6) is -0.707. The van der Waals surface area contributed by atoms with Gasteiger partial charge in [-0.1, -0.05) is 18.2 Å². The highest BCUT2D eigenvalue weighted by Crippen LogP contribution is 2.33. The van der Waals surface area contributed by atoms with Gasteiger partial charge in [-0.3, -0.25) is 4.79 Å². The Hall–Kier alpha value is -1.51. The second-order valence-electron chi connectivity index (χ2n) is 4.38. The number of rotatable bonds is 1. The quantitative estimate of drug-likeness (QED) is 0.738. The largest absolute Gasteiger partial charge is 0.481 e. The Morgan fingerprint density at radius 3 is 2.93 bits per heavy atom. The maximum atomic E-state index is 11.2. The number of aliphatic carboxylic acids is 1. The molecule has 80 valence electrons. The van der Waals surface area contributed by atoms with Crippen LogP contribution in [0.4, 0.5) is 5.69 Å². The lowest BCUT2D eigenvalue weighted by atomic mass is 9.81. The van der Waals surface area contributed by atoms with Crippen LogP contribution in [-0.2, 0) is 11.2 Å². The summed E-state index contributed by atoms with van der Waals surface area (Å²) < 4.78 is 0. The summed E-state index contributed by atoms with van der Waals surface area (Å²) in [6.45, 7) is 2.54. The molecule has 0 aliphatic carbocycles. The van der Waals surface area contributed by atoms with Crippen molar-refractivity contribution in [2.75, 3.05) is 11.9 Å². The summed E-state index contributed by atoms with van der Waals surface area (Å²) in [7, 11) is 0. The number of nitrogens with one attached hydrogen (secondary N) is 1. The average Bonchev–Trinajstić information content (AvgIpc) is 2.36. The van der Waals surface area contributed by atoms with Crippen LogP contribution in [0.2, 0.25) is 0 Å². The maximum absolute atomic E-state index is 11.2. The minimum Gasteiger partial charge on any atom is -0.481 e. The van der Waals surface area contributed by atoms with E-state index in [2.05, 4.69) is 5.32 Å². The first-order valence-electron chi connectivity index (χ1n) is 5.17. The lowest BCUT2D eigenvalue weighted by Gasteiger charge is -2.22. The monoisotopic (exact) mass is 205 g/mol. The molecule has 0 amide bonds. The number of anilines is 1. The van der Waals surface area contributed by atoms with E-state index in [0.29, 0.717) is 12.8 Å². The van der Waals surface area contributed by atoms with Gasteiger partial charge in [0.05, 0.1) is 5.41 Å². The van der Waals surface area contributed by atoms with E-state index in [1.54, 1.807) is 0 Å². The number of carbonyl (C=O) groups is 1. The second-order valence-corrected chi connectivity index (χ2v) is 4.38. The highest BCUT2D eigenvalue weighted by atomic mass is 16.4. The van der Waals surface area contributed by atoms with Crippen molar-refractivity contribution < 1.29 is 9.90 Å². The number of hydrogen-bond donors (Lipinski definition) is 2. The van der Waals surface area contributed by atoms with Crippen molar-refractivity contribution in [1.82, 2.24) is 0 Å². The molecule has 1 unspecified atom stereocenters. The Kier molecular flexibility index (Phi) is 2.39. The zero-order valence-electron chi connectivity index (χ0n) is 8.79. The topological polar surface area (TPSA) is 49.3 Å². The van der Waals surface area contributed by atoms with Crippen LogP contribution < -0.4 is 5.32 Å². The van der Waals surface area contributed by atoms with Crippen molar-refractivity contribution in [3.8, 4) is 0 Å². The summed E-state index contributed by atoms with van der Waals surface area (Å²) >= 11 is 0. The predicted molar refractivity (Wildman–Crippen MR) is 59.0 cm³/mol. The van der Waals surface area contributed by atoms with Gasteiger partial charge in [0.15, 0.2) is 0 Å². The van der Waals surface area contributed by atoms with Gasteiger partial charge in [-0.25, -0.2) is 0 Å². The molecule has 1 heterocycles. The van der Waals surface area contributed by atoms with E-state index in [-0.39, 0.29) is 0 Å². The van der Waals surface area contributed by atoms with Crippen LogP contribution in [0.1, 0.15) is 18.9 Å². The van der Waals surface area contributed by atoms with Crippen LogP contribution in [0.3, 0.4) is 0 Å². The van der Waals surface area contributed by atoms with Gasteiger partial charge in [-0.15, -0.1) is 0 Å². The molecular weight excluding hydrogens is 190 g/mol. The van der Waals surface area contributed by atoms with E-state index in [9.17, 15) is 9.90 Å². The van der Waals surface area contributed by atoms with Gasteiger partial charge in [0.1, 0.15) is 0 Å². The maximum Gasteiger partial charge on any atom is 0.309 e. The van der Waals surface area contributed by atoms with Gasteiger partial charge < -0.3 is 10.4 Å². The van der Waals surface area contributed by atoms with E-state index in [4.69, 9.17) is 0 Å². The molecule has 0 saturated carbocycles. The van der Waals surface area contributed by atoms with E-state index < -0.39 is 11.4 Å². The highest BCUT2D eigenvalue weighted by Gasteiger charge is 2.35. The smallest absolute Gasteiger partial charge is 0.309 e. The van der Waals surface area contributed by atoms with Crippen LogP contribution in [0.5, 0.6) is 0 Å². The summed E-state index contributed by atoms with van der Waals surface area (Å²) in [6, 6.07) is 7.92. The number of carboxylic acid groups (broad SMARTS) is 1. The molecule has 1 aliphatic heterocycles. The van der Waals surface area contributed by atoms with E-state index in [1.807, 2.05) is 31.2 Å². The Labute approximate surface area is 89.1 Å². The minimum atomic E-state index is -0.707. The van der Waals surface area contributed by atoms with Crippen LogP contribution >= 0.6 is 0 Å². The average molecular weight is 205 g/mol. The first-order chi connectivity index (χ1) is 7.12. The van der Waals surface area contributed by atoms with Gasteiger partial charge in [0.2, 0.25) is 0 Å². The molecule has 0 spiro atoms. The zero-order valence-corrected chi connectivity index (χ0v) is 8.79. The second kappa shape index (κ2) is 3.57. The van der Waals surface area contributed by atoms with E-state index >= 15 is 0 Å². The van der Waals surface area contributed by atoms with Gasteiger partial charge >= 0.3 is 5.97 Å². The number of benzene rings is 1. The fourth-order valence-electron chi connectivity index (χ4n) is 2.01. The molecule has 1 aromatic rings. The number of carboxylic acids is 1. The lowest BCUT2D eigenvalue weighted by molar-refractivity contribution is -0.148. The third kappa shape index (κ3) is 1.82. The first kappa shape index (κ1) is 10.0. The van der Waals surface area contributed by atoms with E-state index in [0.717, 1.165) is 17.8 Å². The Balaban J connectivity index is 2.36. The zero-order chi connectivity index (χ0) is 10.9. The molecule has 0 aromatic heterocycles. The standard InChI is InChI=1S/C12H15NO2/c1-12(11(14)15)6-7-13-10-5-3-2-4-9(10)8-12/h2-5,13H,6-8H2,1H3,(H,14,15). The summed E-state index contributed by atoms with van der Waals surface area (Å²) in [5, 5.41) is 12.5. The molecule has 0 saturated heterocycles. The van der Waals surface area contributed by atoms with Crippen molar-refractivity contribution in [3.05, 3.63) is 29.8 Å². The number of fused-ring (bicyclic) bond motifs is 1. The van der Waals surface area contributed by atoms with Gasteiger partial charge in [0.25, 0.3) is 0 Å². The summed E-state index contributed by atoms with van der Waals surface area (Å²) in [5.41, 5.74) is 1.53. The van der Waals surface area contributed by atoms with Crippen molar-refractivity contribution in [2.24, 2.45) is 5.41 Å². The third-order valence-electron chi connectivity index (χ3n) is 3.11. The first-order valence-corrected chi connectivity index (χ1v) is 5.17. The van der Waals surface area contributed by atoms with Crippen LogP contribution in [0.15, 0.2) is 24.3 Å². The Morgan fingerprint density at radius 1 is 1.47 bits per heavy atom. The molecule has 0 fully saturated rings. The Morgan fingerprint density at radius 2 is 2.20 bits per heavy atom. The van der Waals surface area contributed by atoms with Crippen LogP contribution in [-0.4, -0.2) is 17.6 Å². The Bertz CT molecular complexity index is 389. The molecule has 0 radical (unpaired) electrons. The molecule has 3 heteroatoms. The van der Waals surface area contributed by atoms with Crippen LogP contribution in [0.25, 0.3) is 0 Å². The fourth-order valence-corrected chi connectivity index (χ4v) is 2.01. The number of hydrogen-bond acceptors (Lipinski definition) is 2. The summed E-state index contributed by atoms with van der Waals surface area (Å²) in [4.78, 5) is 11.2.